The number of hydrogen-bond acceptors (Lipinski definition) is 3. The summed E-state index contributed by atoms with van der Waals surface area (Å²) >= 11 is 0. The van der Waals surface area contributed by atoms with Crippen molar-refractivity contribution in [2.75, 3.05) is 18.0 Å². The van der Waals surface area contributed by atoms with Crippen LogP contribution in [0.2, 0.25) is 0 Å². The standard InChI is InChI=1S/C16H23NO4/c1-11-6-4-7-14(13(11)3)17(9-5-8-15(18)19)10-12(2)16(20)21/h4,6-7,12H,5,8-10H2,1-3H3,(H,18,19)(H,20,21). The van der Waals surface area contributed by atoms with Gasteiger partial charge in [-0.3, -0.25) is 9.59 Å². The van der Waals surface area contributed by atoms with Gasteiger partial charge in [0.05, 0.1) is 5.92 Å². The minimum Gasteiger partial charge on any atom is -0.481 e. The molecule has 0 aliphatic carbocycles. The van der Waals surface area contributed by atoms with E-state index in [1.807, 2.05) is 36.9 Å². The van der Waals surface area contributed by atoms with Gasteiger partial charge in [-0.15, -0.1) is 0 Å². The van der Waals surface area contributed by atoms with Crippen molar-refractivity contribution in [3.63, 3.8) is 0 Å². The molecule has 0 aromatic heterocycles. The van der Waals surface area contributed by atoms with E-state index in [9.17, 15) is 9.59 Å². The topological polar surface area (TPSA) is 77.8 Å². The molecule has 1 unspecified atom stereocenters. The number of nitrogens with zero attached hydrogens (tertiary/aromatic N) is 1. The molecule has 21 heavy (non-hydrogen) atoms. The number of carbonyl (C=O) groups is 2. The fourth-order valence-electron chi connectivity index (χ4n) is 2.22. The number of carboxylic acids is 2. The molecule has 0 amide bonds. The first kappa shape index (κ1) is 17.0. The van der Waals surface area contributed by atoms with Crippen molar-refractivity contribution >= 4 is 17.6 Å². The Balaban J connectivity index is 2.91. The Hall–Kier alpha value is -2.04. The first-order valence-electron chi connectivity index (χ1n) is 7.08. The summed E-state index contributed by atoms with van der Waals surface area (Å²) in [4.78, 5) is 23.7. The monoisotopic (exact) mass is 293 g/mol. The van der Waals surface area contributed by atoms with Crippen LogP contribution >= 0.6 is 0 Å². The number of anilines is 1. The Morgan fingerprint density at radius 2 is 1.90 bits per heavy atom. The smallest absolute Gasteiger partial charge is 0.308 e. The summed E-state index contributed by atoms with van der Waals surface area (Å²) in [5.41, 5.74) is 3.22. The maximum atomic E-state index is 11.1. The third-order valence-corrected chi connectivity index (χ3v) is 3.65. The predicted molar refractivity (Wildman–Crippen MR) is 81.8 cm³/mol. The van der Waals surface area contributed by atoms with E-state index in [0.717, 1.165) is 16.8 Å². The van der Waals surface area contributed by atoms with Gasteiger partial charge in [0.2, 0.25) is 0 Å². The van der Waals surface area contributed by atoms with Crippen LogP contribution in [0, 0.1) is 19.8 Å². The van der Waals surface area contributed by atoms with Crippen LogP contribution in [0.5, 0.6) is 0 Å². The maximum absolute atomic E-state index is 11.1. The first-order valence-corrected chi connectivity index (χ1v) is 7.08. The number of carboxylic acid groups (broad SMARTS) is 2. The molecule has 0 saturated carbocycles. The van der Waals surface area contributed by atoms with Crippen LogP contribution in [0.25, 0.3) is 0 Å². The van der Waals surface area contributed by atoms with Crippen LogP contribution in [0.15, 0.2) is 18.2 Å². The van der Waals surface area contributed by atoms with Gasteiger partial charge in [0, 0.05) is 25.2 Å². The van der Waals surface area contributed by atoms with Crippen molar-refractivity contribution in [3.8, 4) is 0 Å². The summed E-state index contributed by atoms with van der Waals surface area (Å²) in [6, 6.07) is 5.90. The number of rotatable bonds is 8. The van der Waals surface area contributed by atoms with Crippen LogP contribution in [0.1, 0.15) is 30.9 Å². The van der Waals surface area contributed by atoms with Gasteiger partial charge in [-0.05, 0) is 37.5 Å². The fourth-order valence-corrected chi connectivity index (χ4v) is 2.22. The molecule has 1 aromatic carbocycles. The normalized spacial score (nSPS) is 12.0. The van der Waals surface area contributed by atoms with Gasteiger partial charge >= 0.3 is 11.9 Å². The fraction of sp³-hybridized carbons (Fsp3) is 0.500. The zero-order valence-electron chi connectivity index (χ0n) is 12.8. The summed E-state index contributed by atoms with van der Waals surface area (Å²) in [6.45, 7) is 6.58. The second kappa shape index (κ2) is 7.67. The summed E-state index contributed by atoms with van der Waals surface area (Å²) < 4.78 is 0. The Morgan fingerprint density at radius 1 is 1.24 bits per heavy atom. The summed E-state index contributed by atoms with van der Waals surface area (Å²) in [5.74, 6) is -2.18. The lowest BCUT2D eigenvalue weighted by Gasteiger charge is -2.28. The second-order valence-electron chi connectivity index (χ2n) is 5.40. The van der Waals surface area contributed by atoms with Gasteiger partial charge in [-0.25, -0.2) is 0 Å². The van der Waals surface area contributed by atoms with E-state index in [4.69, 9.17) is 10.2 Å². The highest BCUT2D eigenvalue weighted by Gasteiger charge is 2.18. The van der Waals surface area contributed by atoms with E-state index >= 15 is 0 Å². The van der Waals surface area contributed by atoms with Gasteiger partial charge in [0.25, 0.3) is 0 Å². The second-order valence-corrected chi connectivity index (χ2v) is 5.40. The summed E-state index contributed by atoms with van der Waals surface area (Å²) in [6.07, 6.45) is 0.581. The average molecular weight is 293 g/mol. The molecule has 0 aliphatic heterocycles. The zero-order chi connectivity index (χ0) is 16.0. The molecule has 0 bridgehead atoms. The SMILES string of the molecule is Cc1cccc(N(CCCC(=O)O)CC(C)C(=O)O)c1C. The van der Waals surface area contributed by atoms with Crippen molar-refractivity contribution in [2.45, 2.75) is 33.6 Å². The lowest BCUT2D eigenvalue weighted by Crippen LogP contribution is -2.33. The minimum atomic E-state index is -0.844. The Kier molecular flexibility index (Phi) is 6.21. The minimum absolute atomic E-state index is 0.0861. The van der Waals surface area contributed by atoms with Gasteiger partial charge in [-0.1, -0.05) is 19.1 Å². The molecular formula is C16H23NO4. The van der Waals surface area contributed by atoms with E-state index in [0.29, 0.717) is 19.5 Å². The third kappa shape index (κ3) is 5.10. The highest BCUT2D eigenvalue weighted by atomic mass is 16.4. The quantitative estimate of drug-likeness (QED) is 0.770. The molecule has 5 heteroatoms. The molecule has 116 valence electrons. The molecule has 0 spiro atoms. The van der Waals surface area contributed by atoms with Crippen molar-refractivity contribution in [1.82, 2.24) is 0 Å². The molecular weight excluding hydrogens is 270 g/mol. The molecule has 0 aliphatic rings. The molecule has 5 nitrogen and oxygen atoms in total. The molecule has 2 N–H and O–H groups in total. The van der Waals surface area contributed by atoms with Crippen LogP contribution < -0.4 is 4.90 Å². The summed E-state index contributed by atoms with van der Waals surface area (Å²) in [7, 11) is 0. The Morgan fingerprint density at radius 3 is 2.48 bits per heavy atom. The summed E-state index contributed by atoms with van der Waals surface area (Å²) in [5, 5.41) is 17.8. The molecule has 0 saturated heterocycles. The number of aryl methyl sites for hydroxylation is 1. The molecule has 1 atom stereocenters. The van der Waals surface area contributed by atoms with Crippen LogP contribution in [0.3, 0.4) is 0 Å². The van der Waals surface area contributed by atoms with Crippen molar-refractivity contribution < 1.29 is 19.8 Å². The third-order valence-electron chi connectivity index (χ3n) is 3.65. The van der Waals surface area contributed by atoms with E-state index in [1.54, 1.807) is 6.92 Å². The van der Waals surface area contributed by atoms with Crippen LogP contribution in [-0.2, 0) is 9.59 Å². The highest BCUT2D eigenvalue weighted by Crippen LogP contribution is 2.24. The highest BCUT2D eigenvalue weighted by molar-refractivity contribution is 5.71. The van der Waals surface area contributed by atoms with E-state index in [-0.39, 0.29) is 6.42 Å². The predicted octanol–water partition coefficient (Wildman–Crippen LogP) is 2.70. The van der Waals surface area contributed by atoms with Gasteiger partial charge in [0.15, 0.2) is 0 Å². The lowest BCUT2D eigenvalue weighted by atomic mass is 10.1. The Labute approximate surface area is 125 Å². The molecule has 0 radical (unpaired) electrons. The van der Waals surface area contributed by atoms with Gasteiger partial charge in [0.1, 0.15) is 0 Å². The number of aliphatic carboxylic acids is 2. The average Bonchev–Trinajstić information content (AvgIpc) is 2.40. The lowest BCUT2D eigenvalue weighted by molar-refractivity contribution is -0.141. The molecule has 0 fully saturated rings. The van der Waals surface area contributed by atoms with Crippen LogP contribution in [0.4, 0.5) is 5.69 Å². The molecule has 1 aromatic rings. The van der Waals surface area contributed by atoms with Crippen molar-refractivity contribution in [3.05, 3.63) is 29.3 Å². The Bertz CT molecular complexity index is 513. The van der Waals surface area contributed by atoms with E-state index < -0.39 is 17.9 Å². The van der Waals surface area contributed by atoms with Gasteiger partial charge < -0.3 is 15.1 Å². The number of hydrogen-bond donors (Lipinski definition) is 2. The maximum Gasteiger partial charge on any atom is 0.308 e. The van der Waals surface area contributed by atoms with Crippen molar-refractivity contribution in [2.24, 2.45) is 5.92 Å². The van der Waals surface area contributed by atoms with Gasteiger partial charge in [-0.2, -0.15) is 0 Å². The van der Waals surface area contributed by atoms with Crippen molar-refractivity contribution in [1.29, 1.82) is 0 Å². The van der Waals surface area contributed by atoms with Crippen LogP contribution in [-0.4, -0.2) is 35.2 Å². The van der Waals surface area contributed by atoms with E-state index in [2.05, 4.69) is 0 Å². The zero-order valence-corrected chi connectivity index (χ0v) is 12.8. The molecule has 1 rings (SSSR count). The largest absolute Gasteiger partial charge is 0.481 e. The number of benzene rings is 1. The molecule has 0 heterocycles. The van der Waals surface area contributed by atoms with E-state index in [1.165, 1.54) is 0 Å². The first-order chi connectivity index (χ1) is 9.82.